The van der Waals surface area contributed by atoms with Gasteiger partial charge in [0.15, 0.2) is 0 Å². The molecule has 8 nitrogen and oxygen atoms in total. The summed E-state index contributed by atoms with van der Waals surface area (Å²) in [6, 6.07) is 12.7. The molecule has 3 rings (SSSR count). The summed E-state index contributed by atoms with van der Waals surface area (Å²) in [4.78, 5) is 28.6. The number of carbonyl (C=O) groups is 2. The molecule has 1 aliphatic carbocycles. The quantitative estimate of drug-likeness (QED) is 0.384. The lowest BCUT2D eigenvalue weighted by atomic mass is 10.1. The maximum atomic E-state index is 13.7. The largest absolute Gasteiger partial charge is 0.497 e. The zero-order chi connectivity index (χ0) is 28.6. The molecule has 1 saturated carbocycles. The highest BCUT2D eigenvalue weighted by atomic mass is 32.2. The van der Waals surface area contributed by atoms with Crippen LogP contribution < -0.4 is 14.4 Å². The zero-order valence-corrected chi connectivity index (χ0v) is 24.7. The number of nitrogens with one attached hydrogen (secondary N) is 1. The van der Waals surface area contributed by atoms with Crippen LogP contribution in [0.15, 0.2) is 42.5 Å². The molecule has 2 aromatic rings. The van der Waals surface area contributed by atoms with Gasteiger partial charge in [0.25, 0.3) is 0 Å². The van der Waals surface area contributed by atoms with Crippen LogP contribution in [0.2, 0.25) is 0 Å². The molecule has 0 heterocycles. The van der Waals surface area contributed by atoms with Gasteiger partial charge >= 0.3 is 0 Å². The van der Waals surface area contributed by atoms with Crippen LogP contribution in [0.4, 0.5) is 5.69 Å². The predicted molar refractivity (Wildman–Crippen MR) is 155 cm³/mol. The Balaban J connectivity index is 1.78. The molecule has 0 saturated heterocycles. The molecule has 214 valence electrons. The first-order valence-electron chi connectivity index (χ1n) is 13.8. The van der Waals surface area contributed by atoms with Gasteiger partial charge in [-0.3, -0.25) is 13.9 Å². The molecule has 0 spiro atoms. The van der Waals surface area contributed by atoms with Crippen LogP contribution in [0, 0.1) is 13.8 Å². The molecule has 1 aliphatic rings. The average Bonchev–Trinajstić information content (AvgIpc) is 3.40. The lowest BCUT2D eigenvalue weighted by molar-refractivity contribution is -0.141. The molecule has 9 heteroatoms. The number of hydrogen-bond acceptors (Lipinski definition) is 5. The number of anilines is 1. The third kappa shape index (κ3) is 8.46. The molecule has 0 bridgehead atoms. The van der Waals surface area contributed by atoms with Crippen LogP contribution in [0.5, 0.6) is 5.75 Å². The summed E-state index contributed by atoms with van der Waals surface area (Å²) in [6.45, 7) is 6.18. The maximum absolute atomic E-state index is 13.7. The highest BCUT2D eigenvalue weighted by molar-refractivity contribution is 7.92. The Bertz CT molecular complexity index is 1220. The van der Waals surface area contributed by atoms with Crippen molar-refractivity contribution in [2.75, 3.05) is 24.2 Å². The van der Waals surface area contributed by atoms with Crippen molar-refractivity contribution >= 4 is 27.5 Å². The number of nitrogens with zero attached hydrogens (tertiary/aromatic N) is 2. The van der Waals surface area contributed by atoms with Gasteiger partial charge in [0.1, 0.15) is 11.8 Å². The van der Waals surface area contributed by atoms with E-state index in [-0.39, 0.29) is 37.4 Å². The lowest BCUT2D eigenvalue weighted by Gasteiger charge is -2.32. The first-order chi connectivity index (χ1) is 18.5. The van der Waals surface area contributed by atoms with Gasteiger partial charge in [-0.05, 0) is 74.4 Å². The second-order valence-electron chi connectivity index (χ2n) is 10.5. The number of sulfonamides is 1. The van der Waals surface area contributed by atoms with Gasteiger partial charge in [-0.1, -0.05) is 44.0 Å². The molecular weight excluding hydrogens is 514 g/mol. The number of methoxy groups -OCH3 is 1. The standard InChI is InChI=1S/C30H43N3O5S/c1-6-27(30(35)31-25-10-7-8-11-25)32(21-24-15-17-26(38-4)18-16-24)29(34)12-9-19-33(39(5,36)37)28-20-22(2)13-14-23(28)3/h13-18,20,25,27H,6-12,19,21H2,1-5H3,(H,31,35). The smallest absolute Gasteiger partial charge is 0.243 e. The minimum atomic E-state index is -3.55. The minimum absolute atomic E-state index is 0.125. The van der Waals surface area contributed by atoms with Crippen molar-refractivity contribution in [3.05, 3.63) is 59.2 Å². The van der Waals surface area contributed by atoms with Gasteiger partial charge in [0, 0.05) is 25.6 Å². The fourth-order valence-electron chi connectivity index (χ4n) is 5.19. The lowest BCUT2D eigenvalue weighted by Crippen LogP contribution is -2.51. The summed E-state index contributed by atoms with van der Waals surface area (Å²) >= 11 is 0. The third-order valence-electron chi connectivity index (χ3n) is 7.38. The zero-order valence-electron chi connectivity index (χ0n) is 23.9. The number of hydrogen-bond donors (Lipinski definition) is 1. The fraction of sp³-hybridized carbons (Fsp3) is 0.533. The summed E-state index contributed by atoms with van der Waals surface area (Å²) in [6.07, 6.45) is 6.27. The Morgan fingerprint density at radius 2 is 1.74 bits per heavy atom. The number of benzene rings is 2. The van der Waals surface area contributed by atoms with E-state index in [1.54, 1.807) is 12.0 Å². The Hall–Kier alpha value is -3.07. The van der Waals surface area contributed by atoms with Crippen LogP contribution in [0.1, 0.15) is 68.6 Å². The summed E-state index contributed by atoms with van der Waals surface area (Å²) in [5, 5.41) is 3.16. The van der Waals surface area contributed by atoms with E-state index in [0.717, 1.165) is 48.1 Å². The van der Waals surface area contributed by atoms with Crippen LogP contribution >= 0.6 is 0 Å². The van der Waals surface area contributed by atoms with E-state index in [1.165, 1.54) is 10.6 Å². The molecule has 1 unspecified atom stereocenters. The Morgan fingerprint density at radius 1 is 1.08 bits per heavy atom. The van der Waals surface area contributed by atoms with Crippen molar-refractivity contribution in [1.82, 2.24) is 10.2 Å². The van der Waals surface area contributed by atoms with Crippen molar-refractivity contribution in [2.45, 2.75) is 84.3 Å². The Kier molecular flexibility index (Phi) is 10.8. The van der Waals surface area contributed by atoms with Crippen molar-refractivity contribution in [1.29, 1.82) is 0 Å². The molecule has 1 atom stereocenters. The monoisotopic (exact) mass is 557 g/mol. The fourth-order valence-corrected chi connectivity index (χ4v) is 6.20. The number of rotatable bonds is 13. The van der Waals surface area contributed by atoms with Gasteiger partial charge < -0.3 is 15.0 Å². The SMILES string of the molecule is CCC(C(=O)NC1CCCC1)N(Cc1ccc(OC)cc1)C(=O)CCCN(c1cc(C)ccc1C)S(C)(=O)=O. The molecule has 0 radical (unpaired) electrons. The molecule has 1 N–H and O–H groups in total. The number of aryl methyl sites for hydroxylation is 2. The van der Waals surface area contributed by atoms with Crippen molar-refractivity contribution in [3.63, 3.8) is 0 Å². The molecule has 2 amide bonds. The molecule has 0 aliphatic heterocycles. The molecule has 2 aromatic carbocycles. The van der Waals surface area contributed by atoms with E-state index in [4.69, 9.17) is 4.74 Å². The highest BCUT2D eigenvalue weighted by Crippen LogP contribution is 2.25. The van der Waals surface area contributed by atoms with Gasteiger partial charge in [-0.2, -0.15) is 0 Å². The van der Waals surface area contributed by atoms with Gasteiger partial charge in [0.05, 0.1) is 19.1 Å². The second kappa shape index (κ2) is 13.8. The van der Waals surface area contributed by atoms with Crippen molar-refractivity contribution < 1.29 is 22.7 Å². The highest BCUT2D eigenvalue weighted by Gasteiger charge is 2.31. The van der Waals surface area contributed by atoms with Crippen LogP contribution in [-0.2, 0) is 26.2 Å². The van der Waals surface area contributed by atoms with E-state index in [9.17, 15) is 18.0 Å². The van der Waals surface area contributed by atoms with E-state index in [1.807, 2.05) is 63.2 Å². The van der Waals surface area contributed by atoms with Crippen molar-refractivity contribution in [2.24, 2.45) is 0 Å². The number of amides is 2. The number of ether oxygens (including phenoxy) is 1. The van der Waals surface area contributed by atoms with Crippen molar-refractivity contribution in [3.8, 4) is 5.75 Å². The van der Waals surface area contributed by atoms with E-state index in [2.05, 4.69) is 5.32 Å². The predicted octanol–water partition coefficient (Wildman–Crippen LogP) is 4.72. The summed E-state index contributed by atoms with van der Waals surface area (Å²) in [5.41, 5.74) is 3.34. The topological polar surface area (TPSA) is 96.0 Å². The first kappa shape index (κ1) is 30.5. The van der Waals surface area contributed by atoms with Gasteiger partial charge in [0.2, 0.25) is 21.8 Å². The van der Waals surface area contributed by atoms with E-state index < -0.39 is 16.1 Å². The summed E-state index contributed by atoms with van der Waals surface area (Å²) < 4.78 is 32.0. The first-order valence-corrected chi connectivity index (χ1v) is 15.7. The Labute approximate surface area is 233 Å². The maximum Gasteiger partial charge on any atom is 0.243 e. The molecule has 1 fully saturated rings. The number of carbonyl (C=O) groups excluding carboxylic acids is 2. The van der Waals surface area contributed by atoms with Crippen LogP contribution in [0.3, 0.4) is 0 Å². The average molecular weight is 558 g/mol. The van der Waals surface area contributed by atoms with E-state index >= 15 is 0 Å². The Morgan fingerprint density at radius 3 is 2.33 bits per heavy atom. The summed E-state index contributed by atoms with van der Waals surface area (Å²) in [7, 11) is -1.95. The minimum Gasteiger partial charge on any atom is -0.497 e. The third-order valence-corrected chi connectivity index (χ3v) is 8.56. The molecular formula is C30H43N3O5S. The normalized spacial score (nSPS) is 14.6. The van der Waals surface area contributed by atoms with Crippen LogP contribution in [-0.4, -0.2) is 57.1 Å². The van der Waals surface area contributed by atoms with Gasteiger partial charge in [-0.15, -0.1) is 0 Å². The molecule has 0 aromatic heterocycles. The molecule has 39 heavy (non-hydrogen) atoms. The van der Waals surface area contributed by atoms with Crippen LogP contribution in [0.25, 0.3) is 0 Å². The van der Waals surface area contributed by atoms with E-state index in [0.29, 0.717) is 18.5 Å². The summed E-state index contributed by atoms with van der Waals surface area (Å²) in [5.74, 6) is 0.419. The second-order valence-corrected chi connectivity index (χ2v) is 12.4. The van der Waals surface area contributed by atoms with Gasteiger partial charge in [-0.25, -0.2) is 8.42 Å².